The van der Waals surface area contributed by atoms with Crippen molar-refractivity contribution in [2.45, 2.75) is 6.92 Å². The third kappa shape index (κ3) is 2.85. The van der Waals surface area contributed by atoms with Gasteiger partial charge in [0.15, 0.2) is 5.69 Å². The van der Waals surface area contributed by atoms with Crippen molar-refractivity contribution in [2.24, 2.45) is 0 Å². The second-order valence-electron chi connectivity index (χ2n) is 3.84. The summed E-state index contributed by atoms with van der Waals surface area (Å²) < 4.78 is 4.91. The van der Waals surface area contributed by atoms with Crippen molar-refractivity contribution in [2.75, 3.05) is 17.8 Å². The molecule has 2 rings (SSSR count). The van der Waals surface area contributed by atoms with Crippen molar-refractivity contribution in [3.63, 3.8) is 0 Å². The molecule has 1 amide bonds. The third-order valence-electron chi connectivity index (χ3n) is 2.52. The Morgan fingerprint density at radius 2 is 2.05 bits per heavy atom. The van der Waals surface area contributed by atoms with E-state index >= 15 is 0 Å². The summed E-state index contributed by atoms with van der Waals surface area (Å²) in [5, 5.41) is 10.9. The molecular formula is C13H12ClN3O3. The minimum absolute atomic E-state index is 0.0379. The van der Waals surface area contributed by atoms with E-state index in [9.17, 15) is 9.59 Å². The number of fused-ring (bicyclic) bond motifs is 1. The van der Waals surface area contributed by atoms with Gasteiger partial charge in [-0.1, -0.05) is 18.2 Å². The van der Waals surface area contributed by atoms with Crippen LogP contribution in [-0.2, 0) is 9.53 Å². The number of amides is 1. The molecule has 0 unspecified atom stereocenters. The summed E-state index contributed by atoms with van der Waals surface area (Å²) in [6.07, 6.45) is 0. The first kappa shape index (κ1) is 14.2. The monoisotopic (exact) mass is 293 g/mol. The van der Waals surface area contributed by atoms with Gasteiger partial charge in [-0.3, -0.25) is 4.79 Å². The van der Waals surface area contributed by atoms with E-state index in [1.165, 1.54) is 0 Å². The molecule has 1 aromatic heterocycles. The van der Waals surface area contributed by atoms with Gasteiger partial charge in [0, 0.05) is 5.39 Å². The Morgan fingerprint density at radius 3 is 2.75 bits per heavy atom. The van der Waals surface area contributed by atoms with Gasteiger partial charge in [0.2, 0.25) is 5.91 Å². The van der Waals surface area contributed by atoms with E-state index in [0.717, 1.165) is 0 Å². The summed E-state index contributed by atoms with van der Waals surface area (Å²) in [5.41, 5.74) is 0.786. The van der Waals surface area contributed by atoms with Gasteiger partial charge in [0.05, 0.1) is 17.8 Å². The molecule has 1 aromatic carbocycles. The van der Waals surface area contributed by atoms with Crippen LogP contribution in [0, 0.1) is 0 Å². The van der Waals surface area contributed by atoms with Gasteiger partial charge in [-0.05, 0) is 13.0 Å². The van der Waals surface area contributed by atoms with Crippen LogP contribution < -0.4 is 5.32 Å². The summed E-state index contributed by atoms with van der Waals surface area (Å²) in [5.74, 6) is -1.30. The minimum atomic E-state index is -0.643. The zero-order valence-electron chi connectivity index (χ0n) is 10.7. The molecule has 7 heteroatoms. The van der Waals surface area contributed by atoms with E-state index in [1.54, 1.807) is 31.2 Å². The number of nitrogens with one attached hydrogen (secondary N) is 1. The maximum Gasteiger partial charge on any atom is 0.361 e. The number of carbonyl (C=O) groups is 2. The van der Waals surface area contributed by atoms with Gasteiger partial charge in [-0.25, -0.2) is 4.79 Å². The number of anilines is 1. The van der Waals surface area contributed by atoms with Gasteiger partial charge in [0.1, 0.15) is 5.88 Å². The fraction of sp³-hybridized carbons (Fsp3) is 0.231. The lowest BCUT2D eigenvalue weighted by Gasteiger charge is -2.10. The smallest absolute Gasteiger partial charge is 0.361 e. The maximum absolute atomic E-state index is 11.9. The number of hydrogen-bond acceptors (Lipinski definition) is 5. The molecule has 104 valence electrons. The number of alkyl halides is 1. The largest absolute Gasteiger partial charge is 0.461 e. The van der Waals surface area contributed by atoms with Crippen LogP contribution in [0.1, 0.15) is 17.4 Å². The first-order valence-corrected chi connectivity index (χ1v) is 6.49. The predicted molar refractivity (Wildman–Crippen MR) is 74.8 cm³/mol. The topological polar surface area (TPSA) is 81.2 Å². The van der Waals surface area contributed by atoms with Crippen molar-refractivity contribution >= 4 is 40.1 Å². The lowest BCUT2D eigenvalue weighted by molar-refractivity contribution is -0.113. The predicted octanol–water partition coefficient (Wildman–Crippen LogP) is 1.98. The molecule has 1 N–H and O–H groups in total. The third-order valence-corrected chi connectivity index (χ3v) is 2.77. The molecule has 0 saturated heterocycles. The highest BCUT2D eigenvalue weighted by Gasteiger charge is 2.19. The van der Waals surface area contributed by atoms with Gasteiger partial charge < -0.3 is 10.1 Å². The average Bonchev–Trinajstić information content (AvgIpc) is 2.47. The van der Waals surface area contributed by atoms with Gasteiger partial charge in [-0.15, -0.1) is 21.8 Å². The van der Waals surface area contributed by atoms with E-state index < -0.39 is 11.9 Å². The average molecular weight is 294 g/mol. The zero-order valence-corrected chi connectivity index (χ0v) is 11.5. The number of nitrogens with zero attached hydrogens (tertiary/aromatic N) is 2. The number of ether oxygens (including phenoxy) is 1. The molecule has 0 aliphatic heterocycles. The number of rotatable bonds is 4. The Labute approximate surface area is 120 Å². The summed E-state index contributed by atoms with van der Waals surface area (Å²) in [4.78, 5) is 23.4. The van der Waals surface area contributed by atoms with Crippen molar-refractivity contribution in [1.82, 2.24) is 10.2 Å². The molecule has 0 spiro atoms. The minimum Gasteiger partial charge on any atom is -0.461 e. The summed E-state index contributed by atoms with van der Waals surface area (Å²) >= 11 is 5.48. The van der Waals surface area contributed by atoms with Crippen molar-refractivity contribution in [3.05, 3.63) is 30.0 Å². The van der Waals surface area contributed by atoms with Crippen LogP contribution in [0.5, 0.6) is 0 Å². The second kappa shape index (κ2) is 6.29. The highest BCUT2D eigenvalue weighted by atomic mass is 35.5. The maximum atomic E-state index is 11.9. The molecule has 2 aromatic rings. The number of halogens is 1. The standard InChI is InChI=1S/C13H12ClN3O3/c1-2-20-13(19)12-11(15-10(18)7-14)8-5-3-4-6-9(8)16-17-12/h3-6H,2,7H2,1H3,(H,15,16,18). The Kier molecular flexibility index (Phi) is 4.47. The number of aromatic nitrogens is 2. The molecule has 1 heterocycles. The van der Waals surface area contributed by atoms with Gasteiger partial charge in [0.25, 0.3) is 0 Å². The van der Waals surface area contributed by atoms with E-state index in [2.05, 4.69) is 15.5 Å². The zero-order chi connectivity index (χ0) is 14.5. The number of carbonyl (C=O) groups excluding carboxylic acids is 2. The molecule has 0 atom stereocenters. The molecule has 0 aliphatic rings. The molecule has 0 bridgehead atoms. The van der Waals surface area contributed by atoms with Gasteiger partial charge in [-0.2, -0.15) is 0 Å². The van der Waals surface area contributed by atoms with Crippen molar-refractivity contribution < 1.29 is 14.3 Å². The lowest BCUT2D eigenvalue weighted by Crippen LogP contribution is -2.18. The Morgan fingerprint density at radius 1 is 1.30 bits per heavy atom. The number of hydrogen-bond donors (Lipinski definition) is 1. The number of benzene rings is 1. The van der Waals surface area contributed by atoms with Crippen LogP contribution in [0.15, 0.2) is 24.3 Å². The molecule has 0 aliphatic carbocycles. The Bertz CT molecular complexity index is 660. The van der Waals surface area contributed by atoms with Crippen LogP contribution in [-0.4, -0.2) is 34.6 Å². The van der Waals surface area contributed by atoms with E-state index in [0.29, 0.717) is 10.9 Å². The molecule has 0 saturated carbocycles. The molecular weight excluding hydrogens is 282 g/mol. The van der Waals surface area contributed by atoms with Crippen LogP contribution >= 0.6 is 11.6 Å². The highest BCUT2D eigenvalue weighted by Crippen LogP contribution is 2.24. The van der Waals surface area contributed by atoms with E-state index in [4.69, 9.17) is 16.3 Å². The fourth-order valence-electron chi connectivity index (χ4n) is 1.70. The quantitative estimate of drug-likeness (QED) is 0.688. The molecule has 0 radical (unpaired) electrons. The summed E-state index contributed by atoms with van der Waals surface area (Å²) in [7, 11) is 0. The lowest BCUT2D eigenvalue weighted by atomic mass is 10.1. The molecule has 6 nitrogen and oxygen atoms in total. The SMILES string of the molecule is CCOC(=O)c1nnc2ccccc2c1NC(=O)CCl. The van der Waals surface area contributed by atoms with Crippen molar-refractivity contribution in [1.29, 1.82) is 0 Å². The highest BCUT2D eigenvalue weighted by molar-refractivity contribution is 6.29. The first-order chi connectivity index (χ1) is 9.67. The second-order valence-corrected chi connectivity index (χ2v) is 4.11. The Balaban J connectivity index is 2.58. The summed E-state index contributed by atoms with van der Waals surface area (Å²) in [6, 6.07) is 7.02. The van der Waals surface area contributed by atoms with E-state index in [-0.39, 0.29) is 23.9 Å². The molecule has 20 heavy (non-hydrogen) atoms. The van der Waals surface area contributed by atoms with Crippen LogP contribution in [0.3, 0.4) is 0 Å². The molecule has 0 fully saturated rings. The Hall–Kier alpha value is -2.21. The van der Waals surface area contributed by atoms with Crippen LogP contribution in [0.2, 0.25) is 0 Å². The normalized spacial score (nSPS) is 10.3. The fourth-order valence-corrected chi connectivity index (χ4v) is 1.76. The number of esters is 1. The van der Waals surface area contributed by atoms with Crippen LogP contribution in [0.25, 0.3) is 10.9 Å². The van der Waals surface area contributed by atoms with Gasteiger partial charge >= 0.3 is 5.97 Å². The van der Waals surface area contributed by atoms with E-state index in [1.807, 2.05) is 0 Å². The first-order valence-electron chi connectivity index (χ1n) is 5.95. The summed E-state index contributed by atoms with van der Waals surface area (Å²) in [6.45, 7) is 1.89. The van der Waals surface area contributed by atoms with Crippen LogP contribution in [0.4, 0.5) is 5.69 Å². The van der Waals surface area contributed by atoms with Crippen molar-refractivity contribution in [3.8, 4) is 0 Å².